The molecule has 0 bridgehead atoms. The van der Waals surface area contributed by atoms with Crippen LogP contribution < -0.4 is 11.1 Å². The van der Waals surface area contributed by atoms with E-state index in [0.29, 0.717) is 13.1 Å². The number of nitrogens with two attached hydrogens (primary N) is 1. The van der Waals surface area contributed by atoms with E-state index in [1.165, 1.54) is 16.9 Å². The highest BCUT2D eigenvalue weighted by Gasteiger charge is 2.34. The van der Waals surface area contributed by atoms with Crippen LogP contribution in [0.1, 0.15) is 46.6 Å². The minimum Gasteiger partial charge on any atom is -0.345 e. The summed E-state index contributed by atoms with van der Waals surface area (Å²) in [5.74, 6) is -0.00999. The van der Waals surface area contributed by atoms with Gasteiger partial charge in [-0.15, -0.1) is 23.7 Å². The van der Waals surface area contributed by atoms with Gasteiger partial charge in [0.2, 0.25) is 0 Å². The van der Waals surface area contributed by atoms with Gasteiger partial charge in [-0.05, 0) is 31.4 Å². The van der Waals surface area contributed by atoms with Crippen LogP contribution >= 0.6 is 23.7 Å². The van der Waals surface area contributed by atoms with Crippen LogP contribution in [0.3, 0.4) is 0 Å². The zero-order chi connectivity index (χ0) is 18.1. The maximum atomic E-state index is 12.8. The number of aryl methyl sites for hydroxylation is 1. The van der Waals surface area contributed by atoms with Crippen LogP contribution in [0.25, 0.3) is 10.2 Å². The Kier molecular flexibility index (Phi) is 5.89. The molecule has 1 aromatic carbocycles. The molecule has 1 aliphatic carbocycles. The molecule has 0 aliphatic heterocycles. The van der Waals surface area contributed by atoms with E-state index in [0.717, 1.165) is 46.5 Å². The number of thiophene rings is 1. The van der Waals surface area contributed by atoms with Crippen molar-refractivity contribution in [3.8, 4) is 0 Å². The van der Waals surface area contributed by atoms with E-state index < -0.39 is 0 Å². The summed E-state index contributed by atoms with van der Waals surface area (Å²) in [6, 6.07) is 12.2. The summed E-state index contributed by atoms with van der Waals surface area (Å²) < 4.78 is 2.00. The van der Waals surface area contributed by atoms with Crippen LogP contribution in [0.5, 0.6) is 0 Å². The second kappa shape index (κ2) is 8.00. The fourth-order valence-corrected chi connectivity index (χ4v) is 4.88. The molecule has 144 valence electrons. The fourth-order valence-electron chi connectivity index (χ4n) is 3.82. The van der Waals surface area contributed by atoms with Crippen LogP contribution in [0.2, 0.25) is 0 Å². The van der Waals surface area contributed by atoms with Gasteiger partial charge in [-0.1, -0.05) is 43.2 Å². The van der Waals surface area contributed by atoms with Crippen LogP contribution in [0.4, 0.5) is 0 Å². The number of hydrogen-bond donors (Lipinski definition) is 2. The maximum absolute atomic E-state index is 12.8. The Hall–Kier alpha value is -1.89. The SMILES string of the molecule is Cc1nn(Cc2ccccc2)c2sc(C(=O)NC3(CN)CCCC3)cc12.Cl. The summed E-state index contributed by atoms with van der Waals surface area (Å²) >= 11 is 1.51. The van der Waals surface area contributed by atoms with Gasteiger partial charge < -0.3 is 11.1 Å². The summed E-state index contributed by atoms with van der Waals surface area (Å²) in [6.45, 7) is 3.21. The average Bonchev–Trinajstić information content (AvgIpc) is 3.35. The van der Waals surface area contributed by atoms with Crippen molar-refractivity contribution in [2.45, 2.75) is 44.7 Å². The Labute approximate surface area is 169 Å². The number of nitrogens with zero attached hydrogens (tertiary/aromatic N) is 2. The lowest BCUT2D eigenvalue weighted by atomic mass is 9.98. The van der Waals surface area contributed by atoms with E-state index in [1.807, 2.05) is 35.9 Å². The van der Waals surface area contributed by atoms with Crippen LogP contribution in [-0.2, 0) is 6.54 Å². The second-order valence-electron chi connectivity index (χ2n) is 7.20. The molecule has 1 fully saturated rings. The zero-order valence-electron chi connectivity index (χ0n) is 15.4. The largest absolute Gasteiger partial charge is 0.345 e. The van der Waals surface area contributed by atoms with Crippen LogP contribution in [-0.4, -0.2) is 27.8 Å². The van der Waals surface area contributed by atoms with Crippen molar-refractivity contribution in [2.24, 2.45) is 5.73 Å². The van der Waals surface area contributed by atoms with Gasteiger partial charge in [0, 0.05) is 11.9 Å². The topological polar surface area (TPSA) is 72.9 Å². The van der Waals surface area contributed by atoms with Gasteiger partial charge in [0.25, 0.3) is 5.91 Å². The number of rotatable bonds is 5. The Balaban J connectivity index is 0.00000210. The third-order valence-electron chi connectivity index (χ3n) is 5.34. The molecular formula is C20H25ClN4OS. The molecule has 27 heavy (non-hydrogen) atoms. The summed E-state index contributed by atoms with van der Waals surface area (Å²) in [6.07, 6.45) is 4.21. The Morgan fingerprint density at radius 2 is 2.00 bits per heavy atom. The lowest BCUT2D eigenvalue weighted by Crippen LogP contribution is -2.51. The second-order valence-corrected chi connectivity index (χ2v) is 8.23. The molecule has 7 heteroatoms. The lowest BCUT2D eigenvalue weighted by Gasteiger charge is -2.28. The van der Waals surface area contributed by atoms with Crippen molar-refractivity contribution in [2.75, 3.05) is 6.54 Å². The number of hydrogen-bond acceptors (Lipinski definition) is 4. The van der Waals surface area contributed by atoms with E-state index >= 15 is 0 Å². The van der Waals surface area contributed by atoms with Crippen molar-refractivity contribution in [3.05, 3.63) is 52.5 Å². The van der Waals surface area contributed by atoms with Crippen molar-refractivity contribution in [1.82, 2.24) is 15.1 Å². The Morgan fingerprint density at radius 3 is 2.67 bits per heavy atom. The molecule has 1 amide bonds. The third kappa shape index (κ3) is 3.88. The molecule has 2 aromatic heterocycles. The first-order chi connectivity index (χ1) is 12.6. The molecule has 0 unspecified atom stereocenters. The predicted molar refractivity (Wildman–Crippen MR) is 113 cm³/mol. The van der Waals surface area contributed by atoms with Gasteiger partial charge >= 0.3 is 0 Å². The molecule has 0 atom stereocenters. The number of fused-ring (bicyclic) bond motifs is 1. The summed E-state index contributed by atoms with van der Waals surface area (Å²) in [5.41, 5.74) is 7.89. The first-order valence-electron chi connectivity index (χ1n) is 9.14. The van der Waals surface area contributed by atoms with Crippen molar-refractivity contribution in [1.29, 1.82) is 0 Å². The normalized spacial score (nSPS) is 15.6. The number of nitrogens with one attached hydrogen (secondary N) is 1. The number of carbonyl (C=O) groups excluding carboxylic acids is 1. The van der Waals surface area contributed by atoms with Crippen LogP contribution in [0.15, 0.2) is 36.4 Å². The molecule has 3 N–H and O–H groups in total. The monoisotopic (exact) mass is 404 g/mol. The van der Waals surface area contributed by atoms with Crippen molar-refractivity contribution < 1.29 is 4.79 Å². The molecule has 3 aromatic rings. The number of carbonyl (C=O) groups is 1. The van der Waals surface area contributed by atoms with Gasteiger partial charge in [-0.25, -0.2) is 0 Å². The molecule has 0 radical (unpaired) electrons. The Morgan fingerprint density at radius 1 is 1.30 bits per heavy atom. The standard InChI is InChI=1S/C20H24N4OS.ClH/c1-14-16-11-17(18(25)22-20(13-21)9-5-6-10-20)26-19(16)24(23-14)12-15-7-3-2-4-8-15;/h2-4,7-8,11H,5-6,9-10,12-13,21H2,1H3,(H,22,25);1H. The molecule has 0 spiro atoms. The smallest absolute Gasteiger partial charge is 0.261 e. The van der Waals surface area contributed by atoms with Gasteiger partial charge in [0.05, 0.1) is 22.7 Å². The number of amides is 1. The highest BCUT2D eigenvalue weighted by Crippen LogP contribution is 2.32. The lowest BCUT2D eigenvalue weighted by molar-refractivity contribution is 0.0907. The van der Waals surface area contributed by atoms with Crippen LogP contribution in [0, 0.1) is 6.92 Å². The first-order valence-corrected chi connectivity index (χ1v) is 9.95. The van der Waals surface area contributed by atoms with E-state index in [-0.39, 0.29) is 23.9 Å². The average molecular weight is 405 g/mol. The third-order valence-corrected chi connectivity index (χ3v) is 6.48. The highest BCUT2D eigenvalue weighted by atomic mass is 35.5. The minimum atomic E-state index is -0.224. The van der Waals surface area contributed by atoms with E-state index in [4.69, 9.17) is 5.73 Å². The highest BCUT2D eigenvalue weighted by molar-refractivity contribution is 7.20. The number of benzene rings is 1. The predicted octanol–water partition coefficient (Wildman–Crippen LogP) is 3.88. The van der Waals surface area contributed by atoms with Gasteiger partial charge in [-0.3, -0.25) is 9.48 Å². The Bertz CT molecular complexity index is 928. The quantitative estimate of drug-likeness (QED) is 0.677. The van der Waals surface area contributed by atoms with E-state index in [2.05, 4.69) is 22.5 Å². The molecular weight excluding hydrogens is 380 g/mol. The van der Waals surface area contributed by atoms with Gasteiger partial charge in [0.15, 0.2) is 0 Å². The van der Waals surface area contributed by atoms with E-state index in [1.54, 1.807) is 0 Å². The molecule has 5 nitrogen and oxygen atoms in total. The first kappa shape index (κ1) is 19.9. The van der Waals surface area contributed by atoms with E-state index in [9.17, 15) is 4.79 Å². The van der Waals surface area contributed by atoms with Crippen molar-refractivity contribution >= 4 is 39.9 Å². The summed E-state index contributed by atoms with van der Waals surface area (Å²) in [7, 11) is 0. The minimum absolute atomic E-state index is 0. The molecule has 1 saturated carbocycles. The summed E-state index contributed by atoms with van der Waals surface area (Å²) in [4.78, 5) is 14.6. The van der Waals surface area contributed by atoms with Gasteiger partial charge in [0.1, 0.15) is 4.83 Å². The zero-order valence-corrected chi connectivity index (χ0v) is 17.0. The molecule has 0 saturated heterocycles. The molecule has 4 rings (SSSR count). The number of halogens is 1. The van der Waals surface area contributed by atoms with Gasteiger partial charge in [-0.2, -0.15) is 5.10 Å². The maximum Gasteiger partial charge on any atom is 0.261 e. The summed E-state index contributed by atoms with van der Waals surface area (Å²) in [5, 5.41) is 8.93. The number of aromatic nitrogens is 2. The molecule has 1 aliphatic rings. The molecule has 2 heterocycles. The van der Waals surface area contributed by atoms with Crippen molar-refractivity contribution in [3.63, 3.8) is 0 Å². The fraction of sp³-hybridized carbons (Fsp3) is 0.400.